The van der Waals surface area contributed by atoms with E-state index < -0.39 is 16.1 Å². The van der Waals surface area contributed by atoms with Gasteiger partial charge in [-0.15, -0.1) is 0 Å². The third-order valence-corrected chi connectivity index (χ3v) is 12.9. The highest BCUT2D eigenvalue weighted by Crippen LogP contribution is 2.42. The molecule has 300 valence electrons. The van der Waals surface area contributed by atoms with E-state index in [9.17, 15) is 18.0 Å². The molecular formula is C46H62O8S. The van der Waals surface area contributed by atoms with E-state index in [1.165, 1.54) is 51.4 Å². The van der Waals surface area contributed by atoms with Gasteiger partial charge in [-0.2, -0.15) is 8.42 Å². The number of rotatable bonds is 21. The standard InChI is InChI=1S/C46H62O8S/c1-3-4-9-12-36-15-17-37(18-16-36)38-19-21-39(22-20-38)45(47)53-42-27-29-43(30-28-42)54-46(48)40-23-25-41(26-24-40)51-33-10-7-5-6-8-11-34-52-55(49,50)44-31-13-35(2)14-32-44/h13-14,23-32,36-39H,3-12,15-22,33-34H2,1-2H3. The van der Waals surface area contributed by atoms with Gasteiger partial charge in [0.15, 0.2) is 0 Å². The zero-order chi connectivity index (χ0) is 38.9. The van der Waals surface area contributed by atoms with E-state index in [0.717, 1.165) is 81.1 Å². The topological polar surface area (TPSA) is 105 Å². The summed E-state index contributed by atoms with van der Waals surface area (Å²) in [7, 11) is -3.70. The summed E-state index contributed by atoms with van der Waals surface area (Å²) in [6, 6.07) is 20.2. The summed E-state index contributed by atoms with van der Waals surface area (Å²) in [5.74, 6) is 3.37. The molecule has 0 N–H and O–H groups in total. The molecule has 0 amide bonds. The molecule has 2 saturated carbocycles. The Bertz CT molecular complexity index is 1690. The maximum absolute atomic E-state index is 13.0. The predicted octanol–water partition coefficient (Wildman–Crippen LogP) is 11.4. The Morgan fingerprint density at radius 2 is 1.15 bits per heavy atom. The quantitative estimate of drug-likeness (QED) is 0.0456. The lowest BCUT2D eigenvalue weighted by atomic mass is 9.68. The van der Waals surface area contributed by atoms with Gasteiger partial charge in [0.25, 0.3) is 10.1 Å². The fourth-order valence-electron chi connectivity index (χ4n) is 8.13. The van der Waals surface area contributed by atoms with Crippen molar-refractivity contribution in [2.75, 3.05) is 13.2 Å². The van der Waals surface area contributed by atoms with E-state index in [4.69, 9.17) is 18.4 Å². The van der Waals surface area contributed by atoms with Crippen LogP contribution < -0.4 is 14.2 Å². The minimum atomic E-state index is -3.70. The lowest BCUT2D eigenvalue weighted by Gasteiger charge is -2.37. The summed E-state index contributed by atoms with van der Waals surface area (Å²) >= 11 is 0. The molecule has 0 atom stereocenters. The monoisotopic (exact) mass is 774 g/mol. The highest BCUT2D eigenvalue weighted by Gasteiger charge is 2.33. The van der Waals surface area contributed by atoms with E-state index in [-0.39, 0.29) is 23.4 Å². The Morgan fingerprint density at radius 1 is 0.600 bits per heavy atom. The smallest absolute Gasteiger partial charge is 0.343 e. The fourth-order valence-corrected chi connectivity index (χ4v) is 9.07. The minimum absolute atomic E-state index is 0.0474. The van der Waals surface area contributed by atoms with Crippen molar-refractivity contribution >= 4 is 22.1 Å². The highest BCUT2D eigenvalue weighted by atomic mass is 32.2. The van der Waals surface area contributed by atoms with Gasteiger partial charge in [0.2, 0.25) is 0 Å². The fraction of sp³-hybridized carbons (Fsp3) is 0.565. The highest BCUT2D eigenvalue weighted by molar-refractivity contribution is 7.86. The molecule has 3 aromatic carbocycles. The molecule has 0 aliphatic heterocycles. The van der Waals surface area contributed by atoms with Crippen LogP contribution in [0.2, 0.25) is 0 Å². The van der Waals surface area contributed by atoms with Gasteiger partial charge >= 0.3 is 11.9 Å². The van der Waals surface area contributed by atoms with Crippen LogP contribution in [0.1, 0.15) is 138 Å². The molecule has 9 heteroatoms. The molecule has 2 fully saturated rings. The summed E-state index contributed by atoms with van der Waals surface area (Å²) in [5, 5.41) is 0. The average molecular weight is 775 g/mol. The van der Waals surface area contributed by atoms with Crippen molar-refractivity contribution in [1.29, 1.82) is 0 Å². The lowest BCUT2D eigenvalue weighted by molar-refractivity contribution is -0.140. The lowest BCUT2D eigenvalue weighted by Crippen LogP contribution is -2.30. The van der Waals surface area contributed by atoms with E-state index in [2.05, 4.69) is 6.92 Å². The van der Waals surface area contributed by atoms with Crippen molar-refractivity contribution in [2.45, 2.75) is 134 Å². The third kappa shape index (κ3) is 14.1. The van der Waals surface area contributed by atoms with Crippen molar-refractivity contribution < 1.29 is 36.4 Å². The first-order valence-electron chi connectivity index (χ1n) is 20.9. The molecule has 0 saturated heterocycles. The van der Waals surface area contributed by atoms with Crippen LogP contribution in [0.3, 0.4) is 0 Å². The second-order valence-electron chi connectivity index (χ2n) is 15.8. The summed E-state index contributed by atoms with van der Waals surface area (Å²) < 4.78 is 46.8. The SMILES string of the molecule is CCCCCC1CCC(C2CCC(C(=O)Oc3ccc(OC(=O)c4ccc(OCCCCCCCCOS(=O)(=O)c5ccc(C)cc5)cc4)cc3)CC2)CC1. The van der Waals surface area contributed by atoms with Crippen LogP contribution in [0.5, 0.6) is 17.2 Å². The molecule has 8 nitrogen and oxygen atoms in total. The number of hydrogen-bond donors (Lipinski definition) is 0. The number of benzene rings is 3. The second-order valence-corrected chi connectivity index (χ2v) is 17.4. The van der Waals surface area contributed by atoms with Gasteiger partial charge in [-0.1, -0.05) is 88.8 Å². The number of aryl methyl sites for hydroxylation is 1. The largest absolute Gasteiger partial charge is 0.494 e. The first-order chi connectivity index (χ1) is 26.7. The summed E-state index contributed by atoms with van der Waals surface area (Å²) in [4.78, 5) is 25.9. The van der Waals surface area contributed by atoms with Gasteiger partial charge in [0.1, 0.15) is 17.2 Å². The van der Waals surface area contributed by atoms with Gasteiger partial charge in [-0.3, -0.25) is 8.98 Å². The molecule has 2 aliphatic rings. The Kier molecular flexibility index (Phi) is 17.1. The van der Waals surface area contributed by atoms with Gasteiger partial charge in [-0.25, -0.2) is 4.79 Å². The molecule has 5 rings (SSSR count). The molecular weight excluding hydrogens is 713 g/mol. The molecule has 0 heterocycles. The summed E-state index contributed by atoms with van der Waals surface area (Å²) in [6.45, 7) is 4.95. The average Bonchev–Trinajstić information content (AvgIpc) is 3.20. The van der Waals surface area contributed by atoms with Crippen LogP contribution in [-0.4, -0.2) is 33.6 Å². The molecule has 0 aromatic heterocycles. The summed E-state index contributed by atoms with van der Waals surface area (Å²) in [6.07, 6.45) is 20.6. The number of ether oxygens (including phenoxy) is 3. The normalized spacial score (nSPS) is 20.1. The van der Waals surface area contributed by atoms with Crippen LogP contribution in [0, 0.1) is 30.6 Å². The van der Waals surface area contributed by atoms with Crippen molar-refractivity contribution in [2.24, 2.45) is 23.7 Å². The summed E-state index contributed by atoms with van der Waals surface area (Å²) in [5.41, 5.74) is 1.41. The van der Waals surface area contributed by atoms with Gasteiger partial charge < -0.3 is 14.2 Å². The molecule has 0 spiro atoms. The molecule has 0 bridgehead atoms. The van der Waals surface area contributed by atoms with Gasteiger partial charge in [0, 0.05) is 0 Å². The van der Waals surface area contributed by atoms with Crippen LogP contribution in [-0.2, 0) is 19.1 Å². The van der Waals surface area contributed by atoms with E-state index >= 15 is 0 Å². The van der Waals surface area contributed by atoms with E-state index in [0.29, 0.717) is 35.8 Å². The Labute approximate surface area is 329 Å². The molecule has 0 radical (unpaired) electrons. The van der Waals surface area contributed by atoms with Gasteiger partial charge in [-0.05, 0) is 137 Å². The number of unbranched alkanes of at least 4 members (excludes halogenated alkanes) is 7. The maximum Gasteiger partial charge on any atom is 0.343 e. The van der Waals surface area contributed by atoms with Crippen molar-refractivity contribution in [1.82, 2.24) is 0 Å². The van der Waals surface area contributed by atoms with E-state index in [1.54, 1.807) is 72.8 Å². The van der Waals surface area contributed by atoms with Crippen molar-refractivity contribution in [3.63, 3.8) is 0 Å². The third-order valence-electron chi connectivity index (χ3n) is 11.6. The molecule has 3 aromatic rings. The van der Waals surface area contributed by atoms with Crippen LogP contribution in [0.25, 0.3) is 0 Å². The zero-order valence-corrected chi connectivity index (χ0v) is 33.9. The molecule has 2 aliphatic carbocycles. The Balaban J connectivity index is 0.905. The number of carbonyl (C=O) groups is 2. The number of hydrogen-bond acceptors (Lipinski definition) is 8. The number of esters is 2. The predicted molar refractivity (Wildman–Crippen MR) is 216 cm³/mol. The first kappa shape index (κ1) is 42.5. The van der Waals surface area contributed by atoms with Crippen molar-refractivity contribution in [3.8, 4) is 17.2 Å². The second kappa shape index (κ2) is 22.2. The molecule has 55 heavy (non-hydrogen) atoms. The Morgan fingerprint density at radius 3 is 1.76 bits per heavy atom. The van der Waals surface area contributed by atoms with Crippen LogP contribution >= 0.6 is 0 Å². The first-order valence-corrected chi connectivity index (χ1v) is 22.3. The molecule has 0 unspecified atom stereocenters. The van der Waals surface area contributed by atoms with Gasteiger partial charge in [0.05, 0.1) is 29.6 Å². The maximum atomic E-state index is 13.0. The number of carbonyl (C=O) groups excluding carboxylic acids is 2. The van der Waals surface area contributed by atoms with Crippen molar-refractivity contribution in [3.05, 3.63) is 83.9 Å². The minimum Gasteiger partial charge on any atom is -0.494 e. The Hall–Kier alpha value is -3.69. The van der Waals surface area contributed by atoms with Crippen LogP contribution in [0.15, 0.2) is 77.7 Å². The van der Waals surface area contributed by atoms with Crippen LogP contribution in [0.4, 0.5) is 0 Å². The zero-order valence-electron chi connectivity index (χ0n) is 33.1. The van der Waals surface area contributed by atoms with E-state index in [1.807, 2.05) is 6.92 Å².